The second kappa shape index (κ2) is 6.44. The maximum Gasteiger partial charge on any atom is 0.254 e. The Morgan fingerprint density at radius 1 is 1.20 bits per heavy atom. The Kier molecular flexibility index (Phi) is 4.86. The molecule has 110 valence electrons. The first-order chi connectivity index (χ1) is 9.49. The Morgan fingerprint density at radius 2 is 1.85 bits per heavy atom. The molecule has 0 spiro atoms. The summed E-state index contributed by atoms with van der Waals surface area (Å²) in [6.07, 6.45) is 5.90. The number of hydrogen-bond donors (Lipinski definition) is 0. The van der Waals surface area contributed by atoms with E-state index in [-0.39, 0.29) is 5.91 Å². The van der Waals surface area contributed by atoms with Crippen LogP contribution in [0.25, 0.3) is 0 Å². The van der Waals surface area contributed by atoms with Crippen molar-refractivity contribution in [3.05, 3.63) is 22.8 Å². The number of pyridine rings is 1. The molecule has 1 saturated carbocycles. The highest BCUT2D eigenvalue weighted by Crippen LogP contribution is 2.24. The maximum atomic E-state index is 12.6. The van der Waals surface area contributed by atoms with Gasteiger partial charge in [-0.15, -0.1) is 0 Å². The molecule has 1 aromatic rings. The molecule has 0 unspecified atom stereocenters. The van der Waals surface area contributed by atoms with Gasteiger partial charge in [0.15, 0.2) is 0 Å². The summed E-state index contributed by atoms with van der Waals surface area (Å²) in [5.74, 6) is 0.738. The first-order valence-electron chi connectivity index (χ1n) is 7.11. The molecule has 0 saturated heterocycles. The molecule has 1 amide bonds. The van der Waals surface area contributed by atoms with E-state index in [4.69, 9.17) is 11.6 Å². The van der Waals surface area contributed by atoms with Crippen molar-refractivity contribution < 1.29 is 4.79 Å². The van der Waals surface area contributed by atoms with Crippen molar-refractivity contribution in [2.45, 2.75) is 38.1 Å². The highest BCUT2D eigenvalue weighted by molar-refractivity contribution is 6.29. The number of halogens is 1. The van der Waals surface area contributed by atoms with Crippen LogP contribution in [-0.4, -0.2) is 43.0 Å². The Bertz CT molecular complexity index is 484. The van der Waals surface area contributed by atoms with Gasteiger partial charge in [-0.05, 0) is 25.0 Å². The average molecular weight is 296 g/mol. The molecule has 1 aliphatic rings. The topological polar surface area (TPSA) is 36.4 Å². The molecule has 0 aromatic carbocycles. The first kappa shape index (κ1) is 15.1. The first-order valence-corrected chi connectivity index (χ1v) is 7.49. The molecule has 0 aliphatic heterocycles. The van der Waals surface area contributed by atoms with Crippen molar-refractivity contribution in [2.75, 3.05) is 26.0 Å². The minimum Gasteiger partial charge on any atom is -0.363 e. The van der Waals surface area contributed by atoms with Crippen molar-refractivity contribution >= 4 is 23.3 Å². The summed E-state index contributed by atoms with van der Waals surface area (Å²) in [6.45, 7) is 0. The zero-order valence-corrected chi connectivity index (χ0v) is 13.2. The Balaban J connectivity index is 2.19. The van der Waals surface area contributed by atoms with Gasteiger partial charge < -0.3 is 9.80 Å². The predicted molar refractivity (Wildman–Crippen MR) is 82.5 cm³/mol. The third-order valence-corrected chi connectivity index (χ3v) is 4.12. The fourth-order valence-corrected chi connectivity index (χ4v) is 2.88. The van der Waals surface area contributed by atoms with Crippen LogP contribution in [0.1, 0.15) is 42.5 Å². The van der Waals surface area contributed by atoms with Crippen LogP contribution in [0.2, 0.25) is 5.15 Å². The minimum atomic E-state index is 0.0318. The van der Waals surface area contributed by atoms with Crippen LogP contribution < -0.4 is 4.90 Å². The van der Waals surface area contributed by atoms with Gasteiger partial charge in [0.05, 0.1) is 0 Å². The van der Waals surface area contributed by atoms with Crippen molar-refractivity contribution in [3.63, 3.8) is 0 Å². The van der Waals surface area contributed by atoms with Crippen molar-refractivity contribution in [1.82, 2.24) is 9.88 Å². The van der Waals surface area contributed by atoms with E-state index in [9.17, 15) is 4.79 Å². The molecule has 0 bridgehead atoms. The SMILES string of the molecule is CN(C)c1cc(C(=O)N(C)C2CCCCC2)cc(Cl)n1. The molecular formula is C15H22ClN3O. The quantitative estimate of drug-likeness (QED) is 0.804. The molecule has 4 nitrogen and oxygen atoms in total. The lowest BCUT2D eigenvalue weighted by atomic mass is 9.94. The van der Waals surface area contributed by atoms with E-state index in [1.165, 1.54) is 19.3 Å². The van der Waals surface area contributed by atoms with Gasteiger partial charge in [-0.3, -0.25) is 4.79 Å². The van der Waals surface area contributed by atoms with Crippen LogP contribution in [0.3, 0.4) is 0 Å². The molecule has 1 aromatic heterocycles. The van der Waals surface area contributed by atoms with E-state index >= 15 is 0 Å². The van der Waals surface area contributed by atoms with Crippen LogP contribution in [-0.2, 0) is 0 Å². The largest absolute Gasteiger partial charge is 0.363 e. The van der Waals surface area contributed by atoms with Crippen molar-refractivity contribution in [1.29, 1.82) is 0 Å². The number of hydrogen-bond acceptors (Lipinski definition) is 3. The average Bonchev–Trinajstić information content (AvgIpc) is 2.46. The van der Waals surface area contributed by atoms with E-state index in [1.54, 1.807) is 12.1 Å². The van der Waals surface area contributed by atoms with Crippen LogP contribution >= 0.6 is 11.6 Å². The number of rotatable bonds is 3. The third-order valence-electron chi connectivity index (χ3n) is 3.93. The van der Waals surface area contributed by atoms with Gasteiger partial charge in [0, 0.05) is 32.7 Å². The summed E-state index contributed by atoms with van der Waals surface area (Å²) in [5.41, 5.74) is 0.613. The van der Waals surface area contributed by atoms with E-state index in [1.807, 2.05) is 30.9 Å². The van der Waals surface area contributed by atoms with Crippen molar-refractivity contribution in [3.8, 4) is 0 Å². The normalized spacial score (nSPS) is 16.0. The van der Waals surface area contributed by atoms with E-state index in [0.717, 1.165) is 12.8 Å². The third kappa shape index (κ3) is 3.42. The Morgan fingerprint density at radius 3 is 2.45 bits per heavy atom. The number of nitrogens with zero attached hydrogens (tertiary/aromatic N) is 3. The predicted octanol–water partition coefficient (Wildman–Crippen LogP) is 3.21. The summed E-state index contributed by atoms with van der Waals surface area (Å²) >= 11 is 6.02. The van der Waals surface area contributed by atoms with Crippen LogP contribution in [0.4, 0.5) is 5.82 Å². The van der Waals surface area contributed by atoms with Crippen LogP contribution in [0.5, 0.6) is 0 Å². The zero-order valence-electron chi connectivity index (χ0n) is 12.4. The molecule has 2 rings (SSSR count). The van der Waals surface area contributed by atoms with Crippen LogP contribution in [0.15, 0.2) is 12.1 Å². The molecule has 0 atom stereocenters. The lowest BCUT2D eigenvalue weighted by Gasteiger charge is -2.31. The lowest BCUT2D eigenvalue weighted by molar-refractivity contribution is 0.0696. The molecule has 1 heterocycles. The lowest BCUT2D eigenvalue weighted by Crippen LogP contribution is -2.38. The second-order valence-electron chi connectivity index (χ2n) is 5.64. The summed E-state index contributed by atoms with van der Waals surface area (Å²) in [7, 11) is 5.66. The highest BCUT2D eigenvalue weighted by atomic mass is 35.5. The van der Waals surface area contributed by atoms with Gasteiger partial charge in [-0.1, -0.05) is 30.9 Å². The second-order valence-corrected chi connectivity index (χ2v) is 6.03. The highest BCUT2D eigenvalue weighted by Gasteiger charge is 2.23. The van der Waals surface area contributed by atoms with E-state index < -0.39 is 0 Å². The van der Waals surface area contributed by atoms with Gasteiger partial charge in [0.25, 0.3) is 5.91 Å². The maximum absolute atomic E-state index is 12.6. The zero-order chi connectivity index (χ0) is 14.7. The molecule has 1 fully saturated rings. The van der Waals surface area contributed by atoms with E-state index in [0.29, 0.717) is 22.6 Å². The van der Waals surface area contributed by atoms with Gasteiger partial charge in [-0.2, -0.15) is 0 Å². The summed E-state index contributed by atoms with van der Waals surface area (Å²) < 4.78 is 0. The molecular weight excluding hydrogens is 274 g/mol. The van der Waals surface area contributed by atoms with E-state index in [2.05, 4.69) is 4.98 Å². The Labute approximate surface area is 125 Å². The number of anilines is 1. The van der Waals surface area contributed by atoms with Gasteiger partial charge in [-0.25, -0.2) is 4.98 Å². The summed E-state index contributed by atoms with van der Waals surface area (Å²) in [6, 6.07) is 3.80. The monoisotopic (exact) mass is 295 g/mol. The number of carbonyl (C=O) groups is 1. The summed E-state index contributed by atoms with van der Waals surface area (Å²) in [4.78, 5) is 20.5. The summed E-state index contributed by atoms with van der Waals surface area (Å²) in [5, 5.41) is 0.358. The fourth-order valence-electron chi connectivity index (χ4n) is 2.67. The van der Waals surface area contributed by atoms with Gasteiger partial charge >= 0.3 is 0 Å². The number of carbonyl (C=O) groups excluding carboxylic acids is 1. The molecule has 1 aliphatic carbocycles. The molecule has 0 N–H and O–H groups in total. The minimum absolute atomic E-state index is 0.0318. The Hall–Kier alpha value is -1.29. The number of amides is 1. The van der Waals surface area contributed by atoms with Crippen molar-refractivity contribution in [2.24, 2.45) is 0 Å². The number of aromatic nitrogens is 1. The molecule has 20 heavy (non-hydrogen) atoms. The smallest absolute Gasteiger partial charge is 0.254 e. The van der Waals surface area contributed by atoms with Gasteiger partial charge in [0.2, 0.25) is 0 Å². The van der Waals surface area contributed by atoms with Crippen LogP contribution in [0, 0.1) is 0 Å². The molecule has 5 heteroatoms. The fraction of sp³-hybridized carbons (Fsp3) is 0.600. The molecule has 0 radical (unpaired) electrons. The van der Waals surface area contributed by atoms with Gasteiger partial charge in [0.1, 0.15) is 11.0 Å². The standard InChI is InChI=1S/C15H22ClN3O/c1-18(2)14-10-11(9-13(16)17-14)15(20)19(3)12-7-5-4-6-8-12/h9-10,12H,4-8H2,1-3H3.